The molecule has 7 heteroatoms. The third-order valence-corrected chi connectivity index (χ3v) is 7.12. The first-order chi connectivity index (χ1) is 15.6. The van der Waals surface area contributed by atoms with Crippen molar-refractivity contribution < 1.29 is 14.3 Å². The molecule has 1 amide bonds. The highest BCUT2D eigenvalue weighted by atomic mass is 79.9. The predicted molar refractivity (Wildman–Crippen MR) is 130 cm³/mol. The first-order valence-corrected chi connectivity index (χ1v) is 12.0. The minimum Gasteiger partial charge on any atom is -0.493 e. The van der Waals surface area contributed by atoms with E-state index in [-0.39, 0.29) is 5.91 Å². The zero-order chi connectivity index (χ0) is 22.2. The number of rotatable bonds is 6. The summed E-state index contributed by atoms with van der Waals surface area (Å²) in [5, 5.41) is 0.990. The number of ether oxygens (including phenoxy) is 2. The van der Waals surface area contributed by atoms with Crippen LogP contribution < -0.4 is 14.4 Å². The van der Waals surface area contributed by atoms with Gasteiger partial charge < -0.3 is 18.9 Å². The van der Waals surface area contributed by atoms with Crippen LogP contribution in [0.25, 0.3) is 10.9 Å². The third kappa shape index (κ3) is 3.77. The number of fused-ring (bicyclic) bond motifs is 3. The van der Waals surface area contributed by atoms with Gasteiger partial charge >= 0.3 is 0 Å². The van der Waals surface area contributed by atoms with Crippen molar-refractivity contribution in [2.45, 2.75) is 25.8 Å². The summed E-state index contributed by atoms with van der Waals surface area (Å²) in [6, 6.07) is 11.8. The molecule has 2 aliphatic rings. The third-order valence-electron chi connectivity index (χ3n) is 6.62. The van der Waals surface area contributed by atoms with Gasteiger partial charge in [0.2, 0.25) is 0 Å². The zero-order valence-electron chi connectivity index (χ0n) is 18.6. The highest BCUT2D eigenvalue weighted by molar-refractivity contribution is 9.10. The highest BCUT2D eigenvalue weighted by Gasteiger charge is 2.34. The number of amides is 1. The van der Waals surface area contributed by atoms with Gasteiger partial charge in [0.25, 0.3) is 5.91 Å². The quantitative estimate of drug-likeness (QED) is 0.482. The number of methoxy groups -OCH3 is 1. The number of likely N-dealkylation sites (tertiary alicyclic amines) is 1. The molecule has 1 fully saturated rings. The lowest BCUT2D eigenvalue weighted by atomic mass is 10.1. The van der Waals surface area contributed by atoms with Crippen LogP contribution in [0.2, 0.25) is 0 Å². The average molecular weight is 498 g/mol. The molecular formula is C25H28BrN3O3. The van der Waals surface area contributed by atoms with Crippen molar-refractivity contribution >= 4 is 38.4 Å². The Labute approximate surface area is 196 Å². The van der Waals surface area contributed by atoms with E-state index in [0.29, 0.717) is 24.7 Å². The average Bonchev–Trinajstić information content (AvgIpc) is 3.29. The van der Waals surface area contributed by atoms with Gasteiger partial charge in [-0.1, -0.05) is 28.4 Å². The second kappa shape index (κ2) is 8.79. The first-order valence-electron chi connectivity index (χ1n) is 11.2. The lowest BCUT2D eigenvalue weighted by molar-refractivity contribution is 0.0998. The fraction of sp³-hybridized carbons (Fsp3) is 0.400. The number of aryl methyl sites for hydroxylation is 1. The van der Waals surface area contributed by atoms with Crippen LogP contribution in [0.1, 0.15) is 35.3 Å². The van der Waals surface area contributed by atoms with Crippen LogP contribution >= 0.6 is 15.9 Å². The number of piperidine rings is 1. The monoisotopic (exact) mass is 497 g/mol. The van der Waals surface area contributed by atoms with Crippen molar-refractivity contribution in [3.63, 3.8) is 0 Å². The number of carbonyl (C=O) groups is 1. The second-order valence-electron chi connectivity index (χ2n) is 8.52. The lowest BCUT2D eigenvalue weighted by Gasteiger charge is -2.26. The van der Waals surface area contributed by atoms with Crippen LogP contribution in [0.15, 0.2) is 40.9 Å². The van der Waals surface area contributed by atoms with E-state index < -0.39 is 0 Å². The molecule has 0 bridgehead atoms. The van der Waals surface area contributed by atoms with Crippen LogP contribution in [0, 0.1) is 0 Å². The number of carbonyl (C=O) groups excluding carboxylic acids is 1. The fourth-order valence-electron chi connectivity index (χ4n) is 4.86. The topological polar surface area (TPSA) is 46.9 Å². The van der Waals surface area contributed by atoms with E-state index in [1.54, 1.807) is 7.11 Å². The SMILES string of the molecule is COc1ccc(N2Cc3c(c4ccc(Br)cc4n3C)C2=O)cc1OCCN1CCCCC1. The Kier molecular flexibility index (Phi) is 5.86. The largest absolute Gasteiger partial charge is 0.493 e. The number of halogens is 1. The molecule has 0 aliphatic carbocycles. The summed E-state index contributed by atoms with van der Waals surface area (Å²) in [6.45, 7) is 4.34. The summed E-state index contributed by atoms with van der Waals surface area (Å²) in [5.74, 6) is 1.39. The Bertz CT molecular complexity index is 1170. The number of nitrogens with zero attached hydrogens (tertiary/aromatic N) is 3. The summed E-state index contributed by atoms with van der Waals surface area (Å²) in [4.78, 5) is 17.7. The van der Waals surface area contributed by atoms with E-state index in [0.717, 1.165) is 52.0 Å². The maximum absolute atomic E-state index is 13.4. The van der Waals surface area contributed by atoms with Gasteiger partial charge in [0.1, 0.15) is 6.61 Å². The normalized spacial score (nSPS) is 16.6. The Hall–Kier alpha value is -2.51. The van der Waals surface area contributed by atoms with Crippen LogP contribution in [0.3, 0.4) is 0 Å². The lowest BCUT2D eigenvalue weighted by Crippen LogP contribution is -2.33. The molecule has 0 radical (unpaired) electrons. The fourth-order valence-corrected chi connectivity index (χ4v) is 5.21. The molecule has 0 spiro atoms. The Morgan fingerprint density at radius 1 is 1.03 bits per heavy atom. The molecule has 0 atom stereocenters. The number of hydrogen-bond acceptors (Lipinski definition) is 4. The summed E-state index contributed by atoms with van der Waals surface area (Å²) >= 11 is 3.53. The van der Waals surface area contributed by atoms with Crippen LogP contribution in [0.4, 0.5) is 5.69 Å². The second-order valence-corrected chi connectivity index (χ2v) is 9.44. The Morgan fingerprint density at radius 3 is 2.62 bits per heavy atom. The number of anilines is 1. The summed E-state index contributed by atoms with van der Waals surface area (Å²) < 4.78 is 14.8. The molecule has 0 unspecified atom stereocenters. The van der Waals surface area contributed by atoms with Gasteiger partial charge in [0.05, 0.1) is 24.9 Å². The molecule has 6 nitrogen and oxygen atoms in total. The zero-order valence-corrected chi connectivity index (χ0v) is 20.2. The van der Waals surface area contributed by atoms with Crippen LogP contribution in [-0.4, -0.2) is 48.7 Å². The van der Waals surface area contributed by atoms with Gasteiger partial charge in [0, 0.05) is 40.7 Å². The maximum atomic E-state index is 13.4. The summed E-state index contributed by atoms with van der Waals surface area (Å²) in [6.07, 6.45) is 3.86. The number of aromatic nitrogens is 1. The number of benzene rings is 2. The van der Waals surface area contributed by atoms with Crippen LogP contribution in [-0.2, 0) is 13.6 Å². The van der Waals surface area contributed by atoms with E-state index >= 15 is 0 Å². The van der Waals surface area contributed by atoms with Gasteiger partial charge in [-0.3, -0.25) is 9.69 Å². The van der Waals surface area contributed by atoms with Crippen molar-refractivity contribution in [1.82, 2.24) is 9.47 Å². The van der Waals surface area contributed by atoms with E-state index in [9.17, 15) is 4.79 Å². The molecule has 0 saturated carbocycles. The van der Waals surface area contributed by atoms with Gasteiger partial charge in [-0.15, -0.1) is 0 Å². The van der Waals surface area contributed by atoms with Crippen molar-refractivity contribution in [2.75, 3.05) is 38.3 Å². The van der Waals surface area contributed by atoms with Gasteiger partial charge in [-0.25, -0.2) is 0 Å². The molecule has 1 aromatic heterocycles. The van der Waals surface area contributed by atoms with Gasteiger partial charge in [-0.05, 0) is 50.2 Å². The summed E-state index contributed by atoms with van der Waals surface area (Å²) in [7, 11) is 3.67. The molecule has 1 saturated heterocycles. The molecule has 2 aliphatic heterocycles. The minimum absolute atomic E-state index is 0.0253. The molecule has 168 valence electrons. The maximum Gasteiger partial charge on any atom is 0.261 e. The Morgan fingerprint density at radius 2 is 1.84 bits per heavy atom. The predicted octanol–water partition coefficient (Wildman–Crippen LogP) is 4.97. The van der Waals surface area contributed by atoms with E-state index in [1.165, 1.54) is 19.3 Å². The van der Waals surface area contributed by atoms with Crippen molar-refractivity contribution in [1.29, 1.82) is 0 Å². The standard InChI is InChI=1S/C25H28BrN3O3/c1-27-20-14-17(26)6-8-19(20)24-21(27)16-29(25(24)30)18-7-9-22(31-2)23(15-18)32-13-12-28-10-4-3-5-11-28/h6-9,14-15H,3-5,10-13,16H2,1-2H3. The molecule has 32 heavy (non-hydrogen) atoms. The Balaban J connectivity index is 1.37. The highest BCUT2D eigenvalue weighted by Crippen LogP contribution is 2.39. The minimum atomic E-state index is 0.0253. The van der Waals surface area contributed by atoms with Crippen molar-refractivity contribution in [2.24, 2.45) is 7.05 Å². The molecule has 0 N–H and O–H groups in total. The summed E-state index contributed by atoms with van der Waals surface area (Å²) in [5.41, 5.74) is 3.71. The van der Waals surface area contributed by atoms with E-state index in [2.05, 4.69) is 31.5 Å². The van der Waals surface area contributed by atoms with E-state index in [1.807, 2.05) is 42.3 Å². The molecule has 3 heterocycles. The first kappa shape index (κ1) is 21.3. The van der Waals surface area contributed by atoms with Crippen molar-refractivity contribution in [3.8, 4) is 11.5 Å². The van der Waals surface area contributed by atoms with Gasteiger partial charge in [0.15, 0.2) is 11.5 Å². The van der Waals surface area contributed by atoms with Gasteiger partial charge in [-0.2, -0.15) is 0 Å². The molecule has 2 aromatic carbocycles. The molecule has 3 aromatic rings. The molecular weight excluding hydrogens is 470 g/mol. The van der Waals surface area contributed by atoms with Crippen LogP contribution in [0.5, 0.6) is 11.5 Å². The van der Waals surface area contributed by atoms with E-state index in [4.69, 9.17) is 9.47 Å². The smallest absolute Gasteiger partial charge is 0.261 e. The van der Waals surface area contributed by atoms with Crippen molar-refractivity contribution in [3.05, 3.63) is 52.1 Å². The number of hydrogen-bond donors (Lipinski definition) is 0. The molecule has 5 rings (SSSR count).